The molecule has 19 heavy (non-hydrogen) atoms. The topological polar surface area (TPSA) is 44.8 Å². The Hall–Kier alpha value is -1.71. The lowest BCUT2D eigenvalue weighted by Crippen LogP contribution is -2.24. The molecule has 0 N–H and O–H groups in total. The van der Waals surface area contributed by atoms with Crippen LogP contribution < -0.4 is 9.47 Å². The van der Waals surface area contributed by atoms with Gasteiger partial charge in [0.2, 0.25) is 6.79 Å². The van der Waals surface area contributed by atoms with Gasteiger partial charge in [0.25, 0.3) is 0 Å². The molecular formula is C15H20O4. The van der Waals surface area contributed by atoms with E-state index in [4.69, 9.17) is 14.2 Å². The van der Waals surface area contributed by atoms with E-state index in [2.05, 4.69) is 0 Å². The second-order valence-electron chi connectivity index (χ2n) is 5.21. The number of carbonyl (C=O) groups excluding carboxylic acids is 1. The van der Waals surface area contributed by atoms with Crippen molar-refractivity contribution < 1.29 is 19.0 Å². The third-order valence-electron chi connectivity index (χ3n) is 3.58. The summed E-state index contributed by atoms with van der Waals surface area (Å²) in [7, 11) is 1.43. The van der Waals surface area contributed by atoms with Crippen LogP contribution >= 0.6 is 0 Å². The number of carbonyl (C=O) groups is 1. The van der Waals surface area contributed by atoms with Crippen molar-refractivity contribution >= 4 is 5.97 Å². The van der Waals surface area contributed by atoms with Crippen LogP contribution in [0.15, 0.2) is 12.1 Å². The van der Waals surface area contributed by atoms with Gasteiger partial charge in [-0.05, 0) is 42.5 Å². The first-order chi connectivity index (χ1) is 9.02. The Labute approximate surface area is 113 Å². The molecule has 4 nitrogen and oxygen atoms in total. The molecule has 1 aliphatic rings. The molecule has 1 aliphatic heterocycles. The Morgan fingerprint density at radius 2 is 1.95 bits per heavy atom. The molecule has 1 atom stereocenters. The molecule has 0 aliphatic carbocycles. The zero-order valence-corrected chi connectivity index (χ0v) is 11.9. The van der Waals surface area contributed by atoms with E-state index in [0.717, 1.165) is 22.6 Å². The third-order valence-corrected chi connectivity index (χ3v) is 3.58. The average Bonchev–Trinajstić information content (AvgIpc) is 2.81. The minimum absolute atomic E-state index is 0.135. The molecule has 1 heterocycles. The van der Waals surface area contributed by atoms with Crippen molar-refractivity contribution in [3.8, 4) is 11.5 Å². The maximum atomic E-state index is 11.8. The highest BCUT2D eigenvalue weighted by Crippen LogP contribution is 2.35. The van der Waals surface area contributed by atoms with Gasteiger partial charge < -0.3 is 14.2 Å². The maximum Gasteiger partial charge on any atom is 0.309 e. The minimum Gasteiger partial charge on any atom is -0.469 e. The van der Waals surface area contributed by atoms with E-state index in [1.54, 1.807) is 0 Å². The maximum absolute atomic E-state index is 11.8. The predicted molar refractivity (Wildman–Crippen MR) is 71.4 cm³/mol. The summed E-state index contributed by atoms with van der Waals surface area (Å²) in [5.41, 5.74) is 2.21. The fourth-order valence-corrected chi connectivity index (χ4v) is 2.29. The summed E-state index contributed by atoms with van der Waals surface area (Å²) in [6, 6.07) is 3.93. The highest BCUT2D eigenvalue weighted by molar-refractivity contribution is 5.73. The summed E-state index contributed by atoms with van der Waals surface area (Å²) in [5, 5.41) is 0. The highest BCUT2D eigenvalue weighted by atomic mass is 16.7. The van der Waals surface area contributed by atoms with Gasteiger partial charge in [-0.25, -0.2) is 0 Å². The van der Waals surface area contributed by atoms with Gasteiger partial charge in [0.1, 0.15) is 0 Å². The molecule has 1 unspecified atom stereocenters. The summed E-state index contributed by atoms with van der Waals surface area (Å²) in [5.74, 6) is 1.47. The van der Waals surface area contributed by atoms with Crippen LogP contribution in [0.25, 0.3) is 0 Å². The Kier molecular flexibility index (Phi) is 3.98. The van der Waals surface area contributed by atoms with Crippen molar-refractivity contribution in [2.75, 3.05) is 13.9 Å². The lowest BCUT2D eigenvalue weighted by Gasteiger charge is -2.19. The van der Waals surface area contributed by atoms with Crippen LogP contribution in [-0.4, -0.2) is 19.9 Å². The standard InChI is InChI=1S/C15H20O4/c1-9(2)12(15(16)17-4)6-11-7-14-13(5-10(11)3)18-8-19-14/h5,7,9,12H,6,8H2,1-4H3. The number of fused-ring (bicyclic) bond motifs is 1. The first-order valence-corrected chi connectivity index (χ1v) is 6.50. The fourth-order valence-electron chi connectivity index (χ4n) is 2.29. The molecule has 0 saturated heterocycles. The zero-order chi connectivity index (χ0) is 14.0. The number of rotatable bonds is 4. The molecule has 0 radical (unpaired) electrons. The highest BCUT2D eigenvalue weighted by Gasteiger charge is 2.25. The molecule has 1 aromatic carbocycles. The Morgan fingerprint density at radius 3 is 2.53 bits per heavy atom. The van der Waals surface area contributed by atoms with Gasteiger partial charge in [-0.15, -0.1) is 0 Å². The van der Waals surface area contributed by atoms with Crippen molar-refractivity contribution in [1.29, 1.82) is 0 Å². The van der Waals surface area contributed by atoms with E-state index in [0.29, 0.717) is 6.42 Å². The summed E-state index contributed by atoms with van der Waals surface area (Å²) >= 11 is 0. The number of hydrogen-bond acceptors (Lipinski definition) is 4. The van der Waals surface area contributed by atoms with E-state index in [9.17, 15) is 4.79 Å². The Balaban J connectivity index is 2.24. The molecule has 0 bridgehead atoms. The summed E-state index contributed by atoms with van der Waals surface area (Å²) in [6.07, 6.45) is 0.660. The van der Waals surface area contributed by atoms with Crippen LogP contribution in [0, 0.1) is 18.8 Å². The van der Waals surface area contributed by atoms with Crippen LogP contribution in [0.2, 0.25) is 0 Å². The first kappa shape index (κ1) is 13.7. The van der Waals surface area contributed by atoms with Crippen molar-refractivity contribution in [3.63, 3.8) is 0 Å². The third kappa shape index (κ3) is 2.83. The second-order valence-corrected chi connectivity index (χ2v) is 5.21. The second kappa shape index (κ2) is 5.51. The minimum atomic E-state index is -0.160. The van der Waals surface area contributed by atoms with Gasteiger partial charge in [0.05, 0.1) is 13.0 Å². The summed E-state index contributed by atoms with van der Waals surface area (Å²) < 4.78 is 15.6. The molecule has 0 saturated carbocycles. The molecule has 0 aromatic heterocycles. The van der Waals surface area contributed by atoms with E-state index >= 15 is 0 Å². The predicted octanol–water partition coefficient (Wildman–Crippen LogP) is 2.71. The zero-order valence-electron chi connectivity index (χ0n) is 11.9. The van der Waals surface area contributed by atoms with E-state index in [1.165, 1.54) is 7.11 Å². The number of hydrogen-bond donors (Lipinski definition) is 0. The van der Waals surface area contributed by atoms with E-state index in [1.807, 2.05) is 32.9 Å². The lowest BCUT2D eigenvalue weighted by molar-refractivity contribution is -0.146. The molecule has 0 fully saturated rings. The van der Waals surface area contributed by atoms with Crippen LogP contribution in [0.1, 0.15) is 25.0 Å². The number of methoxy groups -OCH3 is 1. The molecular weight excluding hydrogens is 244 g/mol. The smallest absolute Gasteiger partial charge is 0.309 e. The number of benzene rings is 1. The quantitative estimate of drug-likeness (QED) is 0.784. The van der Waals surface area contributed by atoms with Crippen molar-refractivity contribution in [2.24, 2.45) is 11.8 Å². The number of ether oxygens (including phenoxy) is 3. The van der Waals surface area contributed by atoms with E-state index in [-0.39, 0.29) is 24.6 Å². The van der Waals surface area contributed by atoms with Gasteiger partial charge in [-0.2, -0.15) is 0 Å². The van der Waals surface area contributed by atoms with Gasteiger partial charge in [0.15, 0.2) is 11.5 Å². The van der Waals surface area contributed by atoms with Crippen LogP contribution in [0.4, 0.5) is 0 Å². The number of aryl methyl sites for hydroxylation is 1. The van der Waals surface area contributed by atoms with E-state index < -0.39 is 0 Å². The van der Waals surface area contributed by atoms with Gasteiger partial charge in [0, 0.05) is 0 Å². The van der Waals surface area contributed by atoms with Gasteiger partial charge in [-0.3, -0.25) is 4.79 Å². The normalized spacial score (nSPS) is 14.6. The lowest BCUT2D eigenvalue weighted by atomic mass is 9.87. The van der Waals surface area contributed by atoms with Gasteiger partial charge >= 0.3 is 5.97 Å². The Bertz CT molecular complexity index is 479. The molecule has 0 spiro atoms. The van der Waals surface area contributed by atoms with Crippen molar-refractivity contribution in [2.45, 2.75) is 27.2 Å². The van der Waals surface area contributed by atoms with Crippen LogP contribution in [-0.2, 0) is 16.0 Å². The molecule has 1 aromatic rings. The molecule has 4 heteroatoms. The SMILES string of the molecule is COC(=O)C(Cc1cc2c(cc1C)OCO2)C(C)C. The molecule has 2 rings (SSSR count). The van der Waals surface area contributed by atoms with Crippen molar-refractivity contribution in [1.82, 2.24) is 0 Å². The molecule has 104 valence electrons. The first-order valence-electron chi connectivity index (χ1n) is 6.50. The monoisotopic (exact) mass is 264 g/mol. The van der Waals surface area contributed by atoms with Crippen LogP contribution in [0.3, 0.4) is 0 Å². The van der Waals surface area contributed by atoms with Crippen LogP contribution in [0.5, 0.6) is 11.5 Å². The molecule has 0 amide bonds. The summed E-state index contributed by atoms with van der Waals surface area (Å²) in [6.45, 7) is 6.35. The fraction of sp³-hybridized carbons (Fsp3) is 0.533. The summed E-state index contributed by atoms with van der Waals surface area (Å²) in [4.78, 5) is 11.8. The largest absolute Gasteiger partial charge is 0.469 e. The van der Waals surface area contributed by atoms with Crippen molar-refractivity contribution in [3.05, 3.63) is 23.3 Å². The average molecular weight is 264 g/mol. The number of esters is 1. The van der Waals surface area contributed by atoms with Gasteiger partial charge in [-0.1, -0.05) is 13.8 Å². The Morgan fingerprint density at radius 1 is 1.32 bits per heavy atom.